The second-order valence-corrected chi connectivity index (χ2v) is 12.5. The Hall–Kier alpha value is -3.14. The van der Waals surface area contributed by atoms with E-state index in [1.54, 1.807) is 0 Å². The van der Waals surface area contributed by atoms with Crippen LogP contribution < -0.4 is 10.6 Å². The Morgan fingerprint density at radius 1 is 0.778 bits per heavy atom. The Kier molecular flexibility index (Phi) is 8.28. The molecule has 4 nitrogen and oxygen atoms in total. The van der Waals surface area contributed by atoms with Crippen LogP contribution in [0.3, 0.4) is 0 Å². The topological polar surface area (TPSA) is 64.5 Å². The summed E-state index contributed by atoms with van der Waals surface area (Å²) >= 11 is 0. The van der Waals surface area contributed by atoms with E-state index >= 15 is 0 Å². The Labute approximate surface area is 217 Å². The van der Waals surface area contributed by atoms with Crippen LogP contribution in [-0.2, 0) is 18.4 Å². The third kappa shape index (κ3) is 7.43. The van der Waals surface area contributed by atoms with Gasteiger partial charge in [0.1, 0.15) is 11.5 Å². The van der Waals surface area contributed by atoms with Gasteiger partial charge < -0.3 is 20.8 Å². The van der Waals surface area contributed by atoms with E-state index in [-0.39, 0.29) is 16.9 Å². The van der Waals surface area contributed by atoms with Gasteiger partial charge >= 0.3 is 0 Å². The molecule has 0 spiro atoms. The number of phenols is 2. The van der Waals surface area contributed by atoms with E-state index in [9.17, 15) is 10.2 Å². The molecule has 0 aliphatic heterocycles. The van der Waals surface area contributed by atoms with Crippen LogP contribution >= 0.6 is 0 Å². The number of aryl methyl sites for hydroxylation is 1. The highest BCUT2D eigenvalue weighted by Crippen LogP contribution is 2.42. The predicted molar refractivity (Wildman–Crippen MR) is 154 cm³/mol. The maximum Gasteiger partial charge on any atom is 0.127 e. The standard InChI is InChI=1S/C32H44N2O2/c1-21(19-31(3,4)5)17-23-9-11-26(12-10-23)34-27-15-13-25(14-16-27)33-20-24-18-22(2)29(35)28(30(24)36)32(6,7)8/h9-16,18,21,33-36H,17,19-20H2,1-8H3. The molecule has 4 heteroatoms. The first-order valence-corrected chi connectivity index (χ1v) is 13.0. The molecule has 3 aromatic carbocycles. The molecule has 194 valence electrons. The van der Waals surface area contributed by atoms with Crippen molar-refractivity contribution < 1.29 is 10.2 Å². The van der Waals surface area contributed by atoms with Gasteiger partial charge in [0.05, 0.1) is 0 Å². The molecule has 0 saturated carbocycles. The van der Waals surface area contributed by atoms with Gasteiger partial charge in [-0.3, -0.25) is 0 Å². The van der Waals surface area contributed by atoms with Gasteiger partial charge in [-0.15, -0.1) is 0 Å². The fourth-order valence-electron chi connectivity index (χ4n) is 4.99. The van der Waals surface area contributed by atoms with Crippen LogP contribution in [0.4, 0.5) is 17.1 Å². The summed E-state index contributed by atoms with van der Waals surface area (Å²) in [6.07, 6.45) is 2.32. The summed E-state index contributed by atoms with van der Waals surface area (Å²) in [5, 5.41) is 28.2. The van der Waals surface area contributed by atoms with Crippen molar-refractivity contribution >= 4 is 17.1 Å². The molecule has 1 atom stereocenters. The summed E-state index contributed by atoms with van der Waals surface area (Å²) < 4.78 is 0. The fourth-order valence-corrected chi connectivity index (χ4v) is 4.99. The molecule has 0 radical (unpaired) electrons. The lowest BCUT2D eigenvalue weighted by Gasteiger charge is -2.24. The largest absolute Gasteiger partial charge is 0.507 e. The molecule has 36 heavy (non-hydrogen) atoms. The summed E-state index contributed by atoms with van der Waals surface area (Å²) in [5.74, 6) is 0.996. The second-order valence-electron chi connectivity index (χ2n) is 12.5. The van der Waals surface area contributed by atoms with E-state index in [1.807, 2.05) is 58.0 Å². The molecular weight excluding hydrogens is 444 g/mol. The minimum absolute atomic E-state index is 0.160. The van der Waals surface area contributed by atoms with Gasteiger partial charge in [0.2, 0.25) is 0 Å². The summed E-state index contributed by atoms with van der Waals surface area (Å²) in [4.78, 5) is 0. The van der Waals surface area contributed by atoms with Crippen molar-refractivity contribution in [2.24, 2.45) is 11.3 Å². The number of aromatic hydroxyl groups is 2. The molecule has 0 fully saturated rings. The van der Waals surface area contributed by atoms with Crippen LogP contribution in [-0.4, -0.2) is 10.2 Å². The molecule has 0 aromatic heterocycles. The smallest absolute Gasteiger partial charge is 0.127 e. The van der Waals surface area contributed by atoms with E-state index in [0.717, 1.165) is 34.6 Å². The monoisotopic (exact) mass is 488 g/mol. The fraction of sp³-hybridized carbons (Fsp3) is 0.438. The maximum absolute atomic E-state index is 10.8. The second kappa shape index (κ2) is 10.9. The molecule has 0 aliphatic carbocycles. The average molecular weight is 489 g/mol. The van der Waals surface area contributed by atoms with E-state index in [4.69, 9.17) is 0 Å². The van der Waals surface area contributed by atoms with Gasteiger partial charge in [0, 0.05) is 34.7 Å². The highest BCUT2D eigenvalue weighted by atomic mass is 16.3. The molecule has 3 aromatic rings. The zero-order chi connectivity index (χ0) is 26.7. The lowest BCUT2D eigenvalue weighted by molar-refractivity contribution is 0.306. The van der Waals surface area contributed by atoms with Crippen molar-refractivity contribution in [3.63, 3.8) is 0 Å². The van der Waals surface area contributed by atoms with Crippen molar-refractivity contribution in [2.75, 3.05) is 10.6 Å². The number of hydrogen-bond donors (Lipinski definition) is 4. The summed E-state index contributed by atoms with van der Waals surface area (Å²) in [5.41, 5.74) is 6.57. The molecule has 0 heterocycles. The first-order chi connectivity index (χ1) is 16.7. The molecular formula is C32H44N2O2. The lowest BCUT2D eigenvalue weighted by Crippen LogP contribution is -2.14. The van der Waals surface area contributed by atoms with Gasteiger partial charge in [-0.2, -0.15) is 0 Å². The SMILES string of the molecule is Cc1cc(CNc2ccc(Nc3ccc(CC(C)CC(C)(C)C)cc3)cc2)c(O)c(C(C)(C)C)c1O. The Balaban J connectivity index is 1.60. The zero-order valence-electron chi connectivity index (χ0n) is 23.3. The van der Waals surface area contributed by atoms with Crippen LogP contribution in [0, 0.1) is 18.3 Å². The molecule has 0 amide bonds. The Morgan fingerprint density at radius 2 is 1.31 bits per heavy atom. The number of anilines is 3. The van der Waals surface area contributed by atoms with Crippen molar-refractivity contribution in [1.82, 2.24) is 0 Å². The molecule has 0 aliphatic rings. The van der Waals surface area contributed by atoms with Crippen LogP contribution in [0.1, 0.15) is 77.1 Å². The average Bonchev–Trinajstić information content (AvgIpc) is 2.75. The number of phenolic OH excluding ortho intramolecular Hbond substituents is 2. The molecule has 1 unspecified atom stereocenters. The number of hydrogen-bond acceptors (Lipinski definition) is 4. The van der Waals surface area contributed by atoms with Crippen molar-refractivity contribution in [2.45, 2.75) is 80.2 Å². The van der Waals surface area contributed by atoms with Crippen molar-refractivity contribution in [3.05, 3.63) is 76.9 Å². The van der Waals surface area contributed by atoms with Crippen LogP contribution in [0.25, 0.3) is 0 Å². The summed E-state index contributed by atoms with van der Waals surface area (Å²) in [7, 11) is 0. The highest BCUT2D eigenvalue weighted by molar-refractivity contribution is 5.63. The van der Waals surface area contributed by atoms with E-state index in [1.165, 1.54) is 12.0 Å². The summed E-state index contributed by atoms with van der Waals surface area (Å²) in [6.45, 7) is 17.6. The van der Waals surface area contributed by atoms with Crippen LogP contribution in [0.5, 0.6) is 11.5 Å². The first kappa shape index (κ1) is 27.4. The number of nitrogens with one attached hydrogen (secondary N) is 2. The molecule has 3 rings (SSSR count). The lowest BCUT2D eigenvalue weighted by atomic mass is 9.83. The van der Waals surface area contributed by atoms with Gasteiger partial charge in [-0.1, -0.05) is 60.6 Å². The minimum Gasteiger partial charge on any atom is -0.507 e. The predicted octanol–water partition coefficient (Wildman–Crippen LogP) is 8.67. The highest BCUT2D eigenvalue weighted by Gasteiger charge is 2.25. The Morgan fingerprint density at radius 3 is 1.83 bits per heavy atom. The van der Waals surface area contributed by atoms with Crippen LogP contribution in [0.15, 0.2) is 54.6 Å². The van der Waals surface area contributed by atoms with E-state index in [0.29, 0.717) is 23.4 Å². The van der Waals surface area contributed by atoms with Crippen molar-refractivity contribution in [1.29, 1.82) is 0 Å². The van der Waals surface area contributed by atoms with E-state index < -0.39 is 0 Å². The van der Waals surface area contributed by atoms with Crippen molar-refractivity contribution in [3.8, 4) is 11.5 Å². The third-order valence-corrected chi connectivity index (χ3v) is 6.45. The molecule has 4 N–H and O–H groups in total. The molecule has 0 bridgehead atoms. The minimum atomic E-state index is -0.356. The summed E-state index contributed by atoms with van der Waals surface area (Å²) in [6, 6.07) is 18.7. The maximum atomic E-state index is 10.8. The molecule has 0 saturated heterocycles. The quantitative estimate of drug-likeness (QED) is 0.256. The zero-order valence-corrected chi connectivity index (χ0v) is 23.3. The normalized spacial score (nSPS) is 12.9. The van der Waals surface area contributed by atoms with Gasteiger partial charge in [-0.05, 0) is 90.1 Å². The third-order valence-electron chi connectivity index (χ3n) is 6.45. The van der Waals surface area contributed by atoms with Gasteiger partial charge in [0.15, 0.2) is 0 Å². The van der Waals surface area contributed by atoms with E-state index in [2.05, 4.69) is 62.6 Å². The Bertz CT molecular complexity index is 1150. The first-order valence-electron chi connectivity index (χ1n) is 13.0. The van der Waals surface area contributed by atoms with Gasteiger partial charge in [0.25, 0.3) is 0 Å². The number of benzene rings is 3. The van der Waals surface area contributed by atoms with Gasteiger partial charge in [-0.25, -0.2) is 0 Å². The van der Waals surface area contributed by atoms with Crippen LogP contribution in [0.2, 0.25) is 0 Å². The number of rotatable bonds is 8.